The lowest BCUT2D eigenvalue weighted by molar-refractivity contribution is -0.143. The Morgan fingerprint density at radius 2 is 1.80 bits per heavy atom. The molecule has 1 rings (SSSR count). The van der Waals surface area contributed by atoms with Crippen molar-refractivity contribution in [3.63, 3.8) is 0 Å². The molecule has 8 nitrogen and oxygen atoms in total. The van der Waals surface area contributed by atoms with Gasteiger partial charge in [0.05, 0.1) is 6.54 Å². The molecule has 0 aliphatic carbocycles. The third kappa shape index (κ3) is 5.14. The number of nitrogens with one attached hydrogen (secondary N) is 2. The molecule has 0 aromatic rings. The average Bonchev–Trinajstić information content (AvgIpc) is 2.38. The van der Waals surface area contributed by atoms with Gasteiger partial charge < -0.3 is 10.4 Å². The van der Waals surface area contributed by atoms with Crippen LogP contribution in [0.4, 0.5) is 4.79 Å². The molecule has 0 aromatic heterocycles. The Morgan fingerprint density at radius 1 is 1.20 bits per heavy atom. The van der Waals surface area contributed by atoms with Crippen molar-refractivity contribution in [1.82, 2.24) is 20.4 Å². The number of rotatable bonds is 5. The zero-order chi connectivity index (χ0) is 15.1. The second-order valence-corrected chi connectivity index (χ2v) is 4.73. The molecular formula is C12H22N4O4. The smallest absolute Gasteiger partial charge is 0.321 e. The van der Waals surface area contributed by atoms with Crippen molar-refractivity contribution >= 4 is 17.9 Å². The minimum absolute atomic E-state index is 0.145. The third-order valence-corrected chi connectivity index (χ3v) is 3.27. The van der Waals surface area contributed by atoms with Crippen LogP contribution in [0.25, 0.3) is 0 Å². The molecule has 1 atom stereocenters. The fraction of sp³-hybridized carbons (Fsp3) is 0.750. The Kier molecular flexibility index (Phi) is 6.40. The van der Waals surface area contributed by atoms with Crippen LogP contribution in [0.5, 0.6) is 0 Å². The number of carbonyl (C=O) groups is 3. The van der Waals surface area contributed by atoms with E-state index < -0.39 is 18.0 Å². The topological polar surface area (TPSA) is 102 Å². The Bertz CT molecular complexity index is 366. The lowest BCUT2D eigenvalue weighted by atomic mass is 10.2. The molecule has 1 heterocycles. The van der Waals surface area contributed by atoms with Gasteiger partial charge in [-0.15, -0.1) is 0 Å². The molecule has 114 valence electrons. The number of nitrogens with zero attached hydrogens (tertiary/aromatic N) is 2. The molecule has 3 N–H and O–H groups in total. The van der Waals surface area contributed by atoms with Crippen LogP contribution in [0.1, 0.15) is 13.8 Å². The van der Waals surface area contributed by atoms with Crippen molar-refractivity contribution in [3.05, 3.63) is 0 Å². The molecule has 1 saturated heterocycles. The number of carboxylic acids is 1. The average molecular weight is 286 g/mol. The van der Waals surface area contributed by atoms with Gasteiger partial charge in [0.15, 0.2) is 0 Å². The van der Waals surface area contributed by atoms with E-state index in [0.717, 1.165) is 0 Å². The van der Waals surface area contributed by atoms with Gasteiger partial charge in [-0.25, -0.2) is 4.79 Å². The predicted octanol–water partition coefficient (Wildman–Crippen LogP) is -1.08. The predicted molar refractivity (Wildman–Crippen MR) is 72.3 cm³/mol. The summed E-state index contributed by atoms with van der Waals surface area (Å²) in [5.74, 6) is -1.19. The van der Waals surface area contributed by atoms with Crippen molar-refractivity contribution in [2.45, 2.75) is 19.9 Å². The fourth-order valence-corrected chi connectivity index (χ4v) is 2.04. The number of amides is 3. The van der Waals surface area contributed by atoms with E-state index in [0.29, 0.717) is 32.7 Å². The van der Waals surface area contributed by atoms with Gasteiger partial charge in [0.25, 0.3) is 0 Å². The molecule has 0 saturated carbocycles. The first-order valence-electron chi connectivity index (χ1n) is 6.71. The highest BCUT2D eigenvalue weighted by atomic mass is 16.4. The molecule has 1 aliphatic rings. The van der Waals surface area contributed by atoms with Crippen LogP contribution in [0.15, 0.2) is 0 Å². The number of urea groups is 1. The van der Waals surface area contributed by atoms with Gasteiger partial charge in [-0.2, -0.15) is 0 Å². The van der Waals surface area contributed by atoms with E-state index >= 15 is 0 Å². The van der Waals surface area contributed by atoms with Gasteiger partial charge in [0.2, 0.25) is 5.91 Å². The zero-order valence-corrected chi connectivity index (χ0v) is 11.9. The van der Waals surface area contributed by atoms with Crippen molar-refractivity contribution in [2.24, 2.45) is 0 Å². The Balaban J connectivity index is 2.30. The summed E-state index contributed by atoms with van der Waals surface area (Å²) >= 11 is 0. The van der Waals surface area contributed by atoms with E-state index in [1.165, 1.54) is 0 Å². The van der Waals surface area contributed by atoms with Crippen molar-refractivity contribution in [1.29, 1.82) is 0 Å². The van der Waals surface area contributed by atoms with Crippen molar-refractivity contribution < 1.29 is 19.5 Å². The Labute approximate surface area is 118 Å². The van der Waals surface area contributed by atoms with E-state index in [9.17, 15) is 14.4 Å². The number of piperazine rings is 1. The summed E-state index contributed by atoms with van der Waals surface area (Å²) in [5.41, 5.74) is 0. The summed E-state index contributed by atoms with van der Waals surface area (Å²) in [6.07, 6.45) is 0. The molecule has 0 bridgehead atoms. The van der Waals surface area contributed by atoms with Gasteiger partial charge in [0, 0.05) is 32.7 Å². The number of imide groups is 1. The maximum absolute atomic E-state index is 11.6. The summed E-state index contributed by atoms with van der Waals surface area (Å²) < 4.78 is 0. The van der Waals surface area contributed by atoms with Crippen molar-refractivity contribution in [3.8, 4) is 0 Å². The van der Waals surface area contributed by atoms with Crippen LogP contribution in [0, 0.1) is 0 Å². The molecule has 0 spiro atoms. The zero-order valence-electron chi connectivity index (χ0n) is 11.9. The first-order chi connectivity index (χ1) is 9.43. The number of hydrogen-bond donors (Lipinski definition) is 3. The SMILES string of the molecule is CCNC(=O)NC(=O)CN1CCN(C(C)C(=O)O)CC1. The second-order valence-electron chi connectivity index (χ2n) is 4.73. The van der Waals surface area contributed by atoms with E-state index in [1.54, 1.807) is 13.8 Å². The fourth-order valence-electron chi connectivity index (χ4n) is 2.04. The van der Waals surface area contributed by atoms with Crippen LogP contribution in [-0.2, 0) is 9.59 Å². The molecular weight excluding hydrogens is 264 g/mol. The highest BCUT2D eigenvalue weighted by Crippen LogP contribution is 2.06. The highest BCUT2D eigenvalue weighted by Gasteiger charge is 2.25. The summed E-state index contributed by atoms with van der Waals surface area (Å²) in [4.78, 5) is 37.4. The van der Waals surface area contributed by atoms with Crippen LogP contribution in [0.3, 0.4) is 0 Å². The van der Waals surface area contributed by atoms with Gasteiger partial charge in [0.1, 0.15) is 6.04 Å². The maximum Gasteiger partial charge on any atom is 0.321 e. The Morgan fingerprint density at radius 3 is 2.30 bits per heavy atom. The van der Waals surface area contributed by atoms with E-state index in [-0.39, 0.29) is 12.5 Å². The first-order valence-corrected chi connectivity index (χ1v) is 6.71. The summed E-state index contributed by atoms with van der Waals surface area (Å²) in [6.45, 7) is 6.45. The summed E-state index contributed by atoms with van der Waals surface area (Å²) in [6, 6.07) is -1.00. The minimum atomic E-state index is -0.840. The molecule has 20 heavy (non-hydrogen) atoms. The summed E-state index contributed by atoms with van der Waals surface area (Å²) in [5, 5.41) is 13.7. The second kappa shape index (κ2) is 7.81. The lowest BCUT2D eigenvalue weighted by Gasteiger charge is -2.36. The van der Waals surface area contributed by atoms with Gasteiger partial charge in [-0.3, -0.25) is 24.7 Å². The van der Waals surface area contributed by atoms with Gasteiger partial charge in [-0.1, -0.05) is 0 Å². The quantitative estimate of drug-likeness (QED) is 0.594. The van der Waals surface area contributed by atoms with E-state index in [1.807, 2.05) is 9.80 Å². The minimum Gasteiger partial charge on any atom is -0.480 e. The molecule has 1 aliphatic heterocycles. The maximum atomic E-state index is 11.6. The normalized spacial score (nSPS) is 18.3. The van der Waals surface area contributed by atoms with Gasteiger partial charge >= 0.3 is 12.0 Å². The van der Waals surface area contributed by atoms with Gasteiger partial charge in [-0.05, 0) is 13.8 Å². The molecule has 0 aromatic carbocycles. The first kappa shape index (κ1) is 16.4. The summed E-state index contributed by atoms with van der Waals surface area (Å²) in [7, 11) is 0. The third-order valence-electron chi connectivity index (χ3n) is 3.27. The lowest BCUT2D eigenvalue weighted by Crippen LogP contribution is -2.54. The van der Waals surface area contributed by atoms with Crippen molar-refractivity contribution in [2.75, 3.05) is 39.3 Å². The monoisotopic (exact) mass is 286 g/mol. The number of hydrogen-bond acceptors (Lipinski definition) is 5. The van der Waals surface area contributed by atoms with E-state index in [2.05, 4.69) is 10.6 Å². The molecule has 1 fully saturated rings. The van der Waals surface area contributed by atoms with Crippen LogP contribution in [0.2, 0.25) is 0 Å². The molecule has 1 unspecified atom stereocenters. The van der Waals surface area contributed by atoms with Crippen LogP contribution in [-0.4, -0.2) is 78.1 Å². The largest absolute Gasteiger partial charge is 0.480 e. The molecule has 8 heteroatoms. The molecule has 0 radical (unpaired) electrons. The van der Waals surface area contributed by atoms with E-state index in [4.69, 9.17) is 5.11 Å². The number of aliphatic carboxylic acids is 1. The standard InChI is InChI=1S/C12H22N4O4/c1-3-13-12(20)14-10(17)8-15-4-6-16(7-5-15)9(2)11(18)19/h9H,3-8H2,1-2H3,(H,18,19)(H2,13,14,17,20). The molecule has 3 amide bonds. The van der Waals surface area contributed by atoms with Crippen LogP contribution >= 0.6 is 0 Å². The Hall–Kier alpha value is -1.67. The number of carbonyl (C=O) groups excluding carboxylic acids is 2. The number of carboxylic acid groups (broad SMARTS) is 1. The highest BCUT2D eigenvalue weighted by molar-refractivity contribution is 5.95. The van der Waals surface area contributed by atoms with Crippen LogP contribution < -0.4 is 10.6 Å².